The fourth-order valence-electron chi connectivity index (χ4n) is 3.83. The van der Waals surface area contributed by atoms with Crippen LogP contribution in [0, 0.1) is 6.92 Å². The monoisotopic (exact) mass is 413 g/mol. The predicted octanol–water partition coefficient (Wildman–Crippen LogP) is 4.15. The van der Waals surface area contributed by atoms with E-state index in [2.05, 4.69) is 5.10 Å². The number of anilines is 1. The van der Waals surface area contributed by atoms with E-state index in [4.69, 9.17) is 0 Å². The van der Waals surface area contributed by atoms with Crippen LogP contribution in [0.15, 0.2) is 59.4 Å². The Labute approximate surface area is 170 Å². The molecule has 5 nitrogen and oxygen atoms in total. The molecule has 4 rings (SSSR count). The summed E-state index contributed by atoms with van der Waals surface area (Å²) in [5.41, 5.74) is -0.347. The number of aromatic nitrogens is 2. The van der Waals surface area contributed by atoms with Gasteiger partial charge in [0.25, 0.3) is 5.91 Å². The third-order valence-electron chi connectivity index (χ3n) is 5.17. The Morgan fingerprint density at radius 2 is 1.70 bits per heavy atom. The minimum atomic E-state index is -4.61. The van der Waals surface area contributed by atoms with Gasteiger partial charge in [0.05, 0.1) is 11.3 Å². The number of benzene rings is 2. The molecule has 0 spiro atoms. The van der Waals surface area contributed by atoms with E-state index in [1.807, 2.05) is 19.1 Å². The molecule has 0 fully saturated rings. The lowest BCUT2D eigenvalue weighted by atomic mass is 10.1. The number of rotatable bonds is 2. The number of alkyl halides is 3. The van der Waals surface area contributed by atoms with Crippen LogP contribution in [-0.4, -0.2) is 21.7 Å². The van der Waals surface area contributed by atoms with Crippen LogP contribution >= 0.6 is 0 Å². The Balaban J connectivity index is 1.85. The number of fused-ring (bicyclic) bond motifs is 1. The molecule has 2 aromatic carbocycles. The highest BCUT2D eigenvalue weighted by Gasteiger charge is 2.36. The lowest BCUT2D eigenvalue weighted by Gasteiger charge is -2.23. The second kappa shape index (κ2) is 7.12. The third kappa shape index (κ3) is 3.28. The lowest BCUT2D eigenvalue weighted by Crippen LogP contribution is -2.39. The second-order valence-corrected chi connectivity index (χ2v) is 7.28. The summed E-state index contributed by atoms with van der Waals surface area (Å²) in [6.07, 6.45) is -3.99. The van der Waals surface area contributed by atoms with Crippen LogP contribution < -0.4 is 10.3 Å². The fraction of sp³-hybridized carbons (Fsp3) is 0.227. The molecule has 8 heteroatoms. The van der Waals surface area contributed by atoms with E-state index in [-0.39, 0.29) is 17.4 Å². The van der Waals surface area contributed by atoms with Gasteiger partial charge in [0.2, 0.25) is 5.43 Å². The number of carbonyl (C=O) groups excluding carboxylic acids is 1. The number of halogens is 3. The molecule has 1 amide bonds. The van der Waals surface area contributed by atoms with Gasteiger partial charge in [-0.05, 0) is 44.0 Å². The molecule has 1 atom stereocenters. The molecule has 0 bridgehead atoms. The van der Waals surface area contributed by atoms with Crippen LogP contribution in [-0.2, 0) is 12.6 Å². The van der Waals surface area contributed by atoms with E-state index in [1.54, 1.807) is 12.1 Å². The average molecular weight is 413 g/mol. The molecule has 1 aromatic heterocycles. The molecular weight excluding hydrogens is 395 g/mol. The molecule has 154 valence electrons. The zero-order valence-electron chi connectivity index (χ0n) is 16.3. The normalized spacial score (nSPS) is 15.9. The molecule has 1 aliphatic heterocycles. The molecule has 0 saturated heterocycles. The first kappa shape index (κ1) is 19.9. The van der Waals surface area contributed by atoms with E-state index in [0.29, 0.717) is 12.1 Å². The summed E-state index contributed by atoms with van der Waals surface area (Å²) in [6.45, 7) is 3.33. The topological polar surface area (TPSA) is 55.2 Å². The molecule has 2 heterocycles. The molecule has 0 N–H and O–H groups in total. The number of hydrogen-bond donors (Lipinski definition) is 0. The maximum atomic E-state index is 13.5. The lowest BCUT2D eigenvalue weighted by molar-refractivity contribution is -0.137. The van der Waals surface area contributed by atoms with Crippen molar-refractivity contribution in [3.05, 3.63) is 87.3 Å². The SMILES string of the molecule is Cc1cc(=O)c(C(=O)N2c3ccccc3C[C@@H]2C)nn1-c1ccccc1C(F)(F)F. The Bertz CT molecular complexity index is 1200. The van der Waals surface area contributed by atoms with Crippen molar-refractivity contribution in [1.29, 1.82) is 0 Å². The van der Waals surface area contributed by atoms with Gasteiger partial charge in [0.1, 0.15) is 0 Å². The zero-order chi connectivity index (χ0) is 21.6. The van der Waals surface area contributed by atoms with E-state index in [9.17, 15) is 22.8 Å². The summed E-state index contributed by atoms with van der Waals surface area (Å²) in [4.78, 5) is 27.3. The van der Waals surface area contributed by atoms with Crippen molar-refractivity contribution in [3.8, 4) is 5.69 Å². The molecule has 1 aliphatic rings. The molecule has 0 aliphatic carbocycles. The Kier molecular flexibility index (Phi) is 4.72. The molecule has 0 saturated carbocycles. The first-order chi connectivity index (χ1) is 14.2. The van der Waals surface area contributed by atoms with E-state index < -0.39 is 28.8 Å². The summed E-state index contributed by atoms with van der Waals surface area (Å²) in [6, 6.07) is 13.2. The van der Waals surface area contributed by atoms with E-state index >= 15 is 0 Å². The molecule has 3 aromatic rings. The third-order valence-corrected chi connectivity index (χ3v) is 5.17. The number of nitrogens with zero attached hydrogens (tertiary/aromatic N) is 3. The summed E-state index contributed by atoms with van der Waals surface area (Å²) in [5.74, 6) is -0.629. The minimum Gasteiger partial charge on any atom is -0.303 e. The van der Waals surface area contributed by atoms with Crippen LogP contribution in [0.3, 0.4) is 0 Å². The number of hydrogen-bond acceptors (Lipinski definition) is 3. The van der Waals surface area contributed by atoms with Gasteiger partial charge >= 0.3 is 6.18 Å². The highest BCUT2D eigenvalue weighted by molar-refractivity contribution is 6.06. The van der Waals surface area contributed by atoms with Crippen LogP contribution in [0.25, 0.3) is 5.69 Å². The highest BCUT2D eigenvalue weighted by Crippen LogP contribution is 2.34. The van der Waals surface area contributed by atoms with Crippen LogP contribution in [0.2, 0.25) is 0 Å². The standard InChI is InChI=1S/C22H18F3N3O2/c1-13-11-15-7-3-5-9-17(15)27(13)21(30)20-19(29)12-14(2)28(26-20)18-10-6-4-8-16(18)22(23,24)25/h3-10,12-13H,11H2,1-2H3/t13-/m0/s1. The number of carbonyl (C=O) groups is 1. The molecular formula is C22H18F3N3O2. The van der Waals surface area contributed by atoms with Gasteiger partial charge in [-0.3, -0.25) is 9.59 Å². The van der Waals surface area contributed by atoms with Crippen LogP contribution in [0.5, 0.6) is 0 Å². The summed E-state index contributed by atoms with van der Waals surface area (Å²) in [7, 11) is 0. The maximum Gasteiger partial charge on any atom is 0.418 e. The predicted molar refractivity (Wildman–Crippen MR) is 106 cm³/mol. The average Bonchev–Trinajstić information content (AvgIpc) is 3.02. The second-order valence-electron chi connectivity index (χ2n) is 7.28. The van der Waals surface area contributed by atoms with Gasteiger partial charge in [-0.25, -0.2) is 4.68 Å². The first-order valence-corrected chi connectivity index (χ1v) is 9.37. The molecule has 0 radical (unpaired) electrons. The summed E-state index contributed by atoms with van der Waals surface area (Å²) >= 11 is 0. The van der Waals surface area contributed by atoms with Crippen molar-refractivity contribution in [1.82, 2.24) is 9.78 Å². The van der Waals surface area contributed by atoms with E-state index in [0.717, 1.165) is 22.4 Å². The smallest absolute Gasteiger partial charge is 0.303 e. The van der Waals surface area contributed by atoms with Gasteiger partial charge in [0.15, 0.2) is 5.69 Å². The van der Waals surface area contributed by atoms with Crippen LogP contribution in [0.1, 0.15) is 34.2 Å². The number of amides is 1. The summed E-state index contributed by atoms with van der Waals surface area (Å²) in [5, 5.41) is 4.08. The van der Waals surface area contributed by atoms with Gasteiger partial charge in [0, 0.05) is 23.5 Å². The van der Waals surface area contributed by atoms with Gasteiger partial charge in [-0.2, -0.15) is 18.3 Å². The first-order valence-electron chi connectivity index (χ1n) is 9.37. The van der Waals surface area contributed by atoms with Gasteiger partial charge in [-0.15, -0.1) is 0 Å². The van der Waals surface area contributed by atoms with Crippen molar-refractivity contribution in [3.63, 3.8) is 0 Å². The fourth-order valence-corrected chi connectivity index (χ4v) is 3.83. The zero-order valence-corrected chi connectivity index (χ0v) is 16.3. The minimum absolute atomic E-state index is 0.197. The van der Waals surface area contributed by atoms with Crippen molar-refractivity contribution in [2.24, 2.45) is 0 Å². The number of para-hydroxylation sites is 2. The largest absolute Gasteiger partial charge is 0.418 e. The van der Waals surface area contributed by atoms with Crippen molar-refractivity contribution >= 4 is 11.6 Å². The van der Waals surface area contributed by atoms with Gasteiger partial charge < -0.3 is 4.90 Å². The Morgan fingerprint density at radius 1 is 1.07 bits per heavy atom. The van der Waals surface area contributed by atoms with Crippen molar-refractivity contribution in [2.75, 3.05) is 4.90 Å². The van der Waals surface area contributed by atoms with Crippen molar-refractivity contribution < 1.29 is 18.0 Å². The molecule has 0 unspecified atom stereocenters. The van der Waals surface area contributed by atoms with Crippen LogP contribution in [0.4, 0.5) is 18.9 Å². The highest BCUT2D eigenvalue weighted by atomic mass is 19.4. The van der Waals surface area contributed by atoms with Gasteiger partial charge in [-0.1, -0.05) is 30.3 Å². The van der Waals surface area contributed by atoms with E-state index in [1.165, 1.54) is 30.0 Å². The quantitative estimate of drug-likeness (QED) is 0.634. The number of aryl methyl sites for hydroxylation is 1. The molecule has 30 heavy (non-hydrogen) atoms. The Morgan fingerprint density at radius 3 is 2.40 bits per heavy atom. The Hall–Kier alpha value is -3.42. The summed E-state index contributed by atoms with van der Waals surface area (Å²) < 4.78 is 41.5. The van der Waals surface area contributed by atoms with Crippen molar-refractivity contribution in [2.45, 2.75) is 32.5 Å². The maximum absolute atomic E-state index is 13.5.